The first kappa shape index (κ1) is 103. The summed E-state index contributed by atoms with van der Waals surface area (Å²) in [6.45, 7) is 48.2. The van der Waals surface area contributed by atoms with Gasteiger partial charge in [-0.05, 0) is 228 Å². The van der Waals surface area contributed by atoms with Crippen LogP contribution in [0.25, 0.3) is 0 Å². The van der Waals surface area contributed by atoms with Crippen LogP contribution in [0.3, 0.4) is 0 Å². The highest BCUT2D eigenvalue weighted by Crippen LogP contribution is 2.42. The number of hydrogen-bond donors (Lipinski definition) is 4. The predicted molar refractivity (Wildman–Crippen MR) is 426 cm³/mol. The van der Waals surface area contributed by atoms with Gasteiger partial charge >= 0.3 is 35.8 Å². The molecule has 109 heavy (non-hydrogen) atoms. The third-order valence-corrected chi connectivity index (χ3v) is 23.1. The Morgan fingerprint density at radius 3 is 1.29 bits per heavy atom. The fourth-order valence-corrected chi connectivity index (χ4v) is 16.3. The summed E-state index contributed by atoms with van der Waals surface area (Å²) in [5, 5.41) is 41.1. The molecule has 22 nitrogen and oxygen atoms in total. The number of ether oxygens (including phenoxy) is 12. The summed E-state index contributed by atoms with van der Waals surface area (Å²) in [5.41, 5.74) is -2.91. The van der Waals surface area contributed by atoms with Crippen LogP contribution in [0.4, 0.5) is 0 Å². The number of carbonyl (C=O) groups is 6. The van der Waals surface area contributed by atoms with Crippen molar-refractivity contribution in [3.63, 3.8) is 0 Å². The first-order valence-corrected chi connectivity index (χ1v) is 42.9. The summed E-state index contributed by atoms with van der Waals surface area (Å²) in [6.07, 6.45) is 23.4. The molecule has 6 rings (SSSR count). The van der Waals surface area contributed by atoms with Crippen molar-refractivity contribution in [2.24, 2.45) is 41.4 Å². The fourth-order valence-electron chi connectivity index (χ4n) is 16.3. The molecule has 6 heterocycles. The zero-order valence-corrected chi connectivity index (χ0v) is 73.3. The van der Waals surface area contributed by atoms with Gasteiger partial charge in [-0.1, -0.05) is 104 Å². The van der Waals surface area contributed by atoms with Crippen molar-refractivity contribution < 1.29 is 106 Å². The van der Waals surface area contributed by atoms with Gasteiger partial charge in [0, 0.05) is 24.2 Å². The predicted octanol–water partition coefficient (Wildman–Crippen LogP) is 16.8. The van der Waals surface area contributed by atoms with Gasteiger partial charge in [0.05, 0.1) is 155 Å². The average Bonchev–Trinajstić information content (AvgIpc) is 1.72. The number of methoxy groups -OCH3 is 2. The van der Waals surface area contributed by atoms with E-state index in [9.17, 15) is 49.2 Å². The third-order valence-electron chi connectivity index (χ3n) is 23.1. The molecule has 0 aliphatic carbocycles. The van der Waals surface area contributed by atoms with E-state index < -0.39 is 29.0 Å². The topological polar surface area (TPSA) is 294 Å². The Hall–Kier alpha value is -3.58. The second-order valence-corrected chi connectivity index (χ2v) is 33.6. The van der Waals surface area contributed by atoms with Gasteiger partial charge in [0.1, 0.15) is 11.2 Å². The molecule has 0 amide bonds. The van der Waals surface area contributed by atoms with Gasteiger partial charge in [-0.2, -0.15) is 0 Å². The molecular formula is C87H162O22. The lowest BCUT2D eigenvalue weighted by Gasteiger charge is -2.32. The molecule has 4 N–H and O–H groups in total. The Balaban J connectivity index is 0.000000656. The van der Waals surface area contributed by atoms with E-state index in [4.69, 9.17) is 47.4 Å². The molecule has 0 aromatic rings. The minimum Gasteiger partial charge on any atom is -0.469 e. The van der Waals surface area contributed by atoms with Crippen molar-refractivity contribution in [1.29, 1.82) is 0 Å². The van der Waals surface area contributed by atoms with Crippen molar-refractivity contribution in [1.82, 2.24) is 0 Å². The lowest BCUT2D eigenvalue weighted by molar-refractivity contribution is -0.166. The molecule has 23 atom stereocenters. The Morgan fingerprint density at radius 2 is 0.853 bits per heavy atom. The van der Waals surface area contributed by atoms with Crippen LogP contribution in [-0.2, 0) is 85.6 Å². The van der Waals surface area contributed by atoms with Crippen molar-refractivity contribution >= 4 is 35.8 Å². The summed E-state index contributed by atoms with van der Waals surface area (Å²) in [6, 6.07) is 0. The lowest BCUT2D eigenvalue weighted by Crippen LogP contribution is -2.41. The molecule has 0 spiro atoms. The normalized spacial score (nSPS) is 29.8. The average molecular weight is 1560 g/mol. The van der Waals surface area contributed by atoms with E-state index >= 15 is 0 Å². The highest BCUT2D eigenvalue weighted by atomic mass is 16.6. The van der Waals surface area contributed by atoms with Gasteiger partial charge < -0.3 is 77.3 Å². The Kier molecular flexibility index (Phi) is 50.1. The molecule has 23 unspecified atom stereocenters. The highest BCUT2D eigenvalue weighted by molar-refractivity contribution is 5.73. The van der Waals surface area contributed by atoms with Crippen molar-refractivity contribution in [2.45, 2.75) is 460 Å². The first-order valence-electron chi connectivity index (χ1n) is 42.9. The second-order valence-electron chi connectivity index (χ2n) is 33.6. The quantitative estimate of drug-likeness (QED) is 0.0335. The van der Waals surface area contributed by atoms with E-state index in [1.165, 1.54) is 14.2 Å². The van der Waals surface area contributed by atoms with Crippen molar-refractivity contribution in [2.75, 3.05) is 20.8 Å². The van der Waals surface area contributed by atoms with Gasteiger partial charge in [0.25, 0.3) is 0 Å². The molecule has 642 valence electrons. The highest BCUT2D eigenvalue weighted by Gasteiger charge is 2.47. The van der Waals surface area contributed by atoms with Gasteiger partial charge in [-0.3, -0.25) is 28.8 Å². The van der Waals surface area contributed by atoms with E-state index in [-0.39, 0.29) is 140 Å². The number of rotatable bonds is 36. The van der Waals surface area contributed by atoms with E-state index in [1.54, 1.807) is 20.8 Å². The van der Waals surface area contributed by atoms with Crippen molar-refractivity contribution in [3.8, 4) is 0 Å². The minimum atomic E-state index is -1.04. The van der Waals surface area contributed by atoms with E-state index in [1.807, 2.05) is 48.5 Å². The molecule has 22 heteroatoms. The smallest absolute Gasteiger partial charge is 0.309 e. The monoisotopic (exact) mass is 1560 g/mol. The maximum atomic E-state index is 12.4. The fraction of sp³-hybridized carbons (Fsp3) is 0.931. The molecule has 0 saturated carbocycles. The van der Waals surface area contributed by atoms with Crippen LogP contribution in [0.1, 0.15) is 346 Å². The summed E-state index contributed by atoms with van der Waals surface area (Å²) in [5.74, 6) is -0.000633. The first-order chi connectivity index (χ1) is 51.2. The summed E-state index contributed by atoms with van der Waals surface area (Å²) < 4.78 is 65.8. The summed E-state index contributed by atoms with van der Waals surface area (Å²) in [7, 11) is 2.79. The van der Waals surface area contributed by atoms with Gasteiger partial charge in [-0.15, -0.1) is 0 Å². The molecule has 0 radical (unpaired) electrons. The standard InChI is InChI=1S/C17H32O4.C17H32O3.2C14H26O4.C13H24O4.C12H22O3/c1-7-13-9-12(14(8-2)20-13)10-17(6,19)11-15(18)21-16(3,4)5;1-7-13-11-14(15(8-2)19-13)12(5)16(18)20-17(6,9-3)10-4;1-5-10-7-11(13(6-2)18-10)12(15)8-14(16)17-9(3)4;1-5-10-8-11(12(6-2)18-10)14(4,16)9-13(15)17-7-3;1-4-11-7-9(12(5-2)17-11)6-10(14)8-13(15)16-3;1-4-10-8-9(11(5-2)15-10)6-7-12(13)14-3/h12-14,19H,7-11H2,1-6H3;12-15H,7-11H2,1-6H3;9-13,15H,5-8H2,1-4H3;10-12,16H,5-9H2,1-4H3;9-12,14H,4-8H2,1-3H3;9-11H,4-8H2,1-3H3. The number of carbonyl (C=O) groups excluding carboxylic acids is 6. The van der Waals surface area contributed by atoms with Crippen LogP contribution >= 0.6 is 0 Å². The summed E-state index contributed by atoms with van der Waals surface area (Å²) >= 11 is 0. The van der Waals surface area contributed by atoms with Crippen LogP contribution in [0.5, 0.6) is 0 Å². The molecule has 6 saturated heterocycles. The SMILES string of the molecule is CCC1CC(C(C)C(=O)OC(C)(CC)CC)C(CC)O1.CCC1CC(C(O)CC(=O)OC(C)C)C(CC)O1.CCC1CC(CC(C)(O)CC(=O)OC(C)(C)C)C(CC)O1.CCC1CC(CC(O)CC(=O)OC)C(CC)O1.CCC1CC(CCC(=O)OC)C(CC)O1.CCOC(=O)CC(C)(O)C1CC(CC)OC1CC. The van der Waals surface area contributed by atoms with Gasteiger partial charge in [0.15, 0.2) is 0 Å². The molecule has 0 bridgehead atoms. The van der Waals surface area contributed by atoms with Gasteiger partial charge in [-0.25, -0.2) is 0 Å². The number of esters is 6. The lowest BCUT2D eigenvalue weighted by atomic mass is 9.79. The minimum absolute atomic E-state index is 0.0110. The third kappa shape index (κ3) is 38.2. The molecule has 6 aliphatic rings. The zero-order chi connectivity index (χ0) is 83.2. The molecule has 0 aromatic carbocycles. The maximum Gasteiger partial charge on any atom is 0.309 e. The summed E-state index contributed by atoms with van der Waals surface area (Å²) in [4.78, 5) is 69.5. The Morgan fingerprint density at radius 1 is 0.440 bits per heavy atom. The van der Waals surface area contributed by atoms with Crippen LogP contribution in [-0.4, -0.2) is 191 Å². The van der Waals surface area contributed by atoms with Crippen LogP contribution in [0, 0.1) is 41.4 Å². The van der Waals surface area contributed by atoms with Crippen LogP contribution in [0.15, 0.2) is 0 Å². The number of hydrogen-bond acceptors (Lipinski definition) is 22. The largest absolute Gasteiger partial charge is 0.469 e. The maximum absolute atomic E-state index is 12.4. The molecule has 6 fully saturated rings. The Bertz CT molecular complexity index is 2490. The van der Waals surface area contributed by atoms with E-state index in [0.717, 1.165) is 135 Å². The number of aliphatic hydroxyl groups is 4. The molecule has 6 aliphatic heterocycles. The molecular weight excluding hydrogens is 1400 g/mol. The number of aliphatic hydroxyl groups excluding tert-OH is 2. The van der Waals surface area contributed by atoms with Crippen LogP contribution in [0.2, 0.25) is 0 Å². The van der Waals surface area contributed by atoms with E-state index in [0.29, 0.717) is 74.0 Å². The van der Waals surface area contributed by atoms with Crippen LogP contribution < -0.4 is 0 Å². The molecule has 0 aromatic heterocycles. The zero-order valence-electron chi connectivity index (χ0n) is 73.3. The van der Waals surface area contributed by atoms with Crippen molar-refractivity contribution in [3.05, 3.63) is 0 Å². The van der Waals surface area contributed by atoms with E-state index in [2.05, 4.69) is 106 Å². The second kappa shape index (κ2) is 52.8. The Labute approximate surface area is 661 Å². The van der Waals surface area contributed by atoms with Gasteiger partial charge in [0.2, 0.25) is 0 Å².